The molecule has 0 radical (unpaired) electrons. The number of carbonyl (C=O) groups is 1. The first-order chi connectivity index (χ1) is 8.09. The van der Waals surface area contributed by atoms with Crippen molar-refractivity contribution >= 4 is 25.8 Å². The van der Waals surface area contributed by atoms with E-state index in [1.807, 2.05) is 0 Å². The lowest BCUT2D eigenvalue weighted by Gasteiger charge is -2.26. The Balaban J connectivity index is 2.60. The average molecular weight is 298 g/mol. The number of halogens is 1. The molecule has 5 nitrogen and oxygen atoms in total. The smallest absolute Gasteiger partial charge is 0.410 e. The molecule has 0 aromatic heterocycles. The lowest BCUT2D eigenvalue weighted by molar-refractivity contribution is 0.0257. The zero-order valence-corrected chi connectivity index (χ0v) is 12.6. The molecule has 0 spiro atoms. The van der Waals surface area contributed by atoms with Crippen molar-refractivity contribution in [3.63, 3.8) is 0 Å². The van der Waals surface area contributed by atoms with Gasteiger partial charge in [0.1, 0.15) is 5.60 Å². The summed E-state index contributed by atoms with van der Waals surface area (Å²) in [5.74, 6) is 0. The van der Waals surface area contributed by atoms with Crippen molar-refractivity contribution in [1.82, 2.24) is 4.90 Å². The fourth-order valence-corrected chi connectivity index (χ4v) is 3.23. The van der Waals surface area contributed by atoms with Crippen LogP contribution in [-0.2, 0) is 13.8 Å². The number of nitrogens with zero attached hydrogens (tertiary/aromatic N) is 1. The molecule has 1 amide bonds. The highest BCUT2D eigenvalue weighted by molar-refractivity contribution is 8.14. The van der Waals surface area contributed by atoms with E-state index in [4.69, 9.17) is 15.4 Å². The predicted molar refractivity (Wildman–Crippen MR) is 70.2 cm³/mol. The van der Waals surface area contributed by atoms with E-state index in [-0.39, 0.29) is 0 Å². The van der Waals surface area contributed by atoms with E-state index in [1.165, 1.54) is 0 Å². The lowest BCUT2D eigenvalue weighted by Crippen LogP contribution is -2.37. The summed E-state index contributed by atoms with van der Waals surface area (Å²) >= 11 is 0. The summed E-state index contributed by atoms with van der Waals surface area (Å²) in [7, 11) is 1.82. The largest absolute Gasteiger partial charge is 0.444 e. The molecule has 0 bridgehead atoms. The maximum absolute atomic E-state index is 11.8. The molecule has 1 heterocycles. The van der Waals surface area contributed by atoms with Gasteiger partial charge in [-0.05, 0) is 40.0 Å². The van der Waals surface area contributed by atoms with E-state index in [9.17, 15) is 13.2 Å². The second-order valence-electron chi connectivity index (χ2n) is 5.50. The molecule has 106 valence electrons. The van der Waals surface area contributed by atoms with E-state index in [1.54, 1.807) is 25.7 Å². The topological polar surface area (TPSA) is 63.7 Å². The normalized spacial score (nSPS) is 22.4. The van der Waals surface area contributed by atoms with Crippen LogP contribution in [0, 0.1) is 0 Å². The van der Waals surface area contributed by atoms with Gasteiger partial charge in [-0.15, -0.1) is 0 Å². The molecule has 1 unspecified atom stereocenters. The first-order valence-electron chi connectivity index (χ1n) is 6.01. The van der Waals surface area contributed by atoms with Gasteiger partial charge < -0.3 is 9.64 Å². The molecule has 1 fully saturated rings. The minimum atomic E-state index is -3.54. The summed E-state index contributed by atoms with van der Waals surface area (Å²) in [6.07, 6.45) is 1.08. The fourth-order valence-electron chi connectivity index (χ4n) is 1.86. The Morgan fingerprint density at radius 2 is 1.89 bits per heavy atom. The van der Waals surface area contributed by atoms with Gasteiger partial charge in [0, 0.05) is 23.8 Å². The summed E-state index contributed by atoms with van der Waals surface area (Å²) in [6, 6.07) is 0. The van der Waals surface area contributed by atoms with Crippen LogP contribution in [0.4, 0.5) is 4.79 Å². The van der Waals surface area contributed by atoms with Gasteiger partial charge in [0.15, 0.2) is 0 Å². The molecule has 0 saturated carbocycles. The van der Waals surface area contributed by atoms with Gasteiger partial charge in [-0.25, -0.2) is 13.2 Å². The molecular weight excluding hydrogens is 278 g/mol. The number of carbonyl (C=O) groups excluding carboxylic acids is 1. The summed E-state index contributed by atoms with van der Waals surface area (Å²) in [5, 5.41) is -0.563. The van der Waals surface area contributed by atoms with Crippen molar-refractivity contribution in [2.45, 2.75) is 50.9 Å². The van der Waals surface area contributed by atoms with E-state index in [0.717, 1.165) is 0 Å². The molecule has 0 aliphatic carbocycles. The predicted octanol–water partition coefficient (Wildman–Crippen LogP) is 2.34. The standard InChI is InChI=1S/C11H20ClNO4S/c1-11(2,3)17-10(14)13-7-4-5-9(6-8-13)18(12,15)16/h9H,4-8H2,1-3H3. The van der Waals surface area contributed by atoms with Crippen LogP contribution < -0.4 is 0 Å². The van der Waals surface area contributed by atoms with Gasteiger partial charge in [0.2, 0.25) is 9.05 Å². The number of likely N-dealkylation sites (tertiary alicyclic amines) is 1. The second kappa shape index (κ2) is 5.65. The molecule has 1 saturated heterocycles. The van der Waals surface area contributed by atoms with Crippen molar-refractivity contribution in [3.05, 3.63) is 0 Å². The molecule has 1 rings (SSSR count). The van der Waals surface area contributed by atoms with E-state index in [2.05, 4.69) is 0 Å². The van der Waals surface area contributed by atoms with Gasteiger partial charge in [-0.3, -0.25) is 0 Å². The maximum atomic E-state index is 11.8. The van der Waals surface area contributed by atoms with Crippen molar-refractivity contribution in [2.75, 3.05) is 13.1 Å². The number of amides is 1. The first-order valence-corrected chi connectivity index (χ1v) is 8.38. The van der Waals surface area contributed by atoms with Crippen LogP contribution in [0.3, 0.4) is 0 Å². The van der Waals surface area contributed by atoms with Crippen molar-refractivity contribution in [2.24, 2.45) is 0 Å². The SMILES string of the molecule is CC(C)(C)OC(=O)N1CCCC(S(=O)(=O)Cl)CC1. The Morgan fingerprint density at radius 3 is 2.39 bits per heavy atom. The molecule has 18 heavy (non-hydrogen) atoms. The minimum absolute atomic E-state index is 0.366. The zero-order valence-electron chi connectivity index (χ0n) is 11.0. The first kappa shape index (κ1) is 15.6. The molecule has 1 aliphatic heterocycles. The van der Waals surface area contributed by atoms with Crippen molar-refractivity contribution < 1.29 is 17.9 Å². The molecule has 1 aliphatic rings. The number of ether oxygens (including phenoxy) is 1. The second-order valence-corrected chi connectivity index (χ2v) is 8.40. The Morgan fingerprint density at radius 1 is 1.28 bits per heavy atom. The highest BCUT2D eigenvalue weighted by Crippen LogP contribution is 2.22. The molecule has 0 aromatic carbocycles. The van der Waals surface area contributed by atoms with E-state index < -0.39 is 26.0 Å². The Hall–Kier alpha value is -0.490. The van der Waals surface area contributed by atoms with E-state index in [0.29, 0.717) is 32.4 Å². The minimum Gasteiger partial charge on any atom is -0.444 e. The van der Waals surface area contributed by atoms with Gasteiger partial charge in [0.25, 0.3) is 0 Å². The van der Waals surface area contributed by atoms with Crippen LogP contribution in [0.2, 0.25) is 0 Å². The van der Waals surface area contributed by atoms with Crippen LogP contribution in [-0.4, -0.2) is 43.4 Å². The molecule has 0 aromatic rings. The summed E-state index contributed by atoms with van der Waals surface area (Å²) < 4.78 is 27.8. The summed E-state index contributed by atoms with van der Waals surface area (Å²) in [6.45, 7) is 6.28. The number of rotatable bonds is 1. The van der Waals surface area contributed by atoms with Crippen LogP contribution in [0.5, 0.6) is 0 Å². The van der Waals surface area contributed by atoms with E-state index >= 15 is 0 Å². The van der Waals surface area contributed by atoms with Crippen LogP contribution in [0.25, 0.3) is 0 Å². The van der Waals surface area contributed by atoms with Crippen LogP contribution in [0.15, 0.2) is 0 Å². The maximum Gasteiger partial charge on any atom is 0.410 e. The molecular formula is C11H20ClNO4S. The van der Waals surface area contributed by atoms with Crippen molar-refractivity contribution in [3.8, 4) is 0 Å². The van der Waals surface area contributed by atoms with Gasteiger partial charge in [0.05, 0.1) is 5.25 Å². The Labute approximate surface area is 113 Å². The monoisotopic (exact) mass is 297 g/mol. The zero-order chi connectivity index (χ0) is 14.0. The third-order valence-electron chi connectivity index (χ3n) is 2.72. The fraction of sp³-hybridized carbons (Fsp3) is 0.909. The highest BCUT2D eigenvalue weighted by Gasteiger charge is 2.29. The lowest BCUT2D eigenvalue weighted by atomic mass is 10.2. The quantitative estimate of drug-likeness (QED) is 0.697. The molecule has 1 atom stereocenters. The molecule has 7 heteroatoms. The van der Waals surface area contributed by atoms with Crippen LogP contribution in [0.1, 0.15) is 40.0 Å². The number of hydrogen-bond acceptors (Lipinski definition) is 4. The molecule has 0 N–H and O–H groups in total. The van der Waals surface area contributed by atoms with Gasteiger partial charge >= 0.3 is 6.09 Å². The number of hydrogen-bond donors (Lipinski definition) is 0. The average Bonchev–Trinajstić information content (AvgIpc) is 2.38. The Bertz CT molecular complexity index is 402. The van der Waals surface area contributed by atoms with Gasteiger partial charge in [-0.2, -0.15) is 0 Å². The van der Waals surface area contributed by atoms with Gasteiger partial charge in [-0.1, -0.05) is 0 Å². The third-order valence-corrected chi connectivity index (χ3v) is 4.75. The van der Waals surface area contributed by atoms with Crippen LogP contribution >= 0.6 is 10.7 Å². The summed E-state index contributed by atoms with van der Waals surface area (Å²) in [5.41, 5.74) is -0.540. The summed E-state index contributed by atoms with van der Waals surface area (Å²) in [4.78, 5) is 13.4. The highest BCUT2D eigenvalue weighted by atomic mass is 35.7. The Kier molecular flexibility index (Phi) is 4.89. The third kappa shape index (κ3) is 5.02. The van der Waals surface area contributed by atoms with Crippen molar-refractivity contribution in [1.29, 1.82) is 0 Å².